The van der Waals surface area contributed by atoms with Gasteiger partial charge < -0.3 is 10.6 Å². The molecule has 18 heavy (non-hydrogen) atoms. The summed E-state index contributed by atoms with van der Waals surface area (Å²) in [5.41, 5.74) is 5.17. The van der Waals surface area contributed by atoms with Crippen molar-refractivity contribution in [1.29, 1.82) is 0 Å². The van der Waals surface area contributed by atoms with E-state index in [-0.39, 0.29) is 28.9 Å². The second-order valence-electron chi connectivity index (χ2n) is 3.92. The molecule has 7 heteroatoms. The zero-order valence-corrected chi connectivity index (χ0v) is 10.8. The summed E-state index contributed by atoms with van der Waals surface area (Å²) in [6.07, 6.45) is 0. The summed E-state index contributed by atoms with van der Waals surface area (Å²) in [5.74, 6) is -0.448. The van der Waals surface area contributed by atoms with Crippen LogP contribution in [0.15, 0.2) is 18.2 Å². The molecule has 1 atom stereocenters. The molecule has 0 aliphatic heterocycles. The Kier molecular flexibility index (Phi) is 4.63. The lowest BCUT2D eigenvalue weighted by Crippen LogP contribution is -2.39. The Morgan fingerprint density at radius 2 is 2.22 bits per heavy atom. The van der Waals surface area contributed by atoms with E-state index < -0.39 is 10.8 Å². The standard InChI is InChI=1S/C11H14ClN3O3/c1-7(6-13)14(2)11(16)9-4-3-8(12)5-10(9)15(17)18/h3-5,7H,6,13H2,1-2H3. The van der Waals surface area contributed by atoms with Crippen LogP contribution in [0.25, 0.3) is 0 Å². The van der Waals surface area contributed by atoms with Gasteiger partial charge in [-0.3, -0.25) is 14.9 Å². The minimum Gasteiger partial charge on any atom is -0.338 e. The molecule has 0 aliphatic carbocycles. The average Bonchev–Trinajstić information content (AvgIpc) is 2.35. The molecule has 1 aromatic rings. The Balaban J connectivity index is 3.17. The normalized spacial score (nSPS) is 12.0. The quantitative estimate of drug-likeness (QED) is 0.666. The number of nitro benzene ring substituents is 1. The third-order valence-corrected chi connectivity index (χ3v) is 2.94. The zero-order chi connectivity index (χ0) is 13.9. The molecule has 0 bridgehead atoms. The number of halogens is 1. The number of hydrogen-bond donors (Lipinski definition) is 1. The van der Waals surface area contributed by atoms with Gasteiger partial charge >= 0.3 is 0 Å². The molecule has 1 aromatic carbocycles. The van der Waals surface area contributed by atoms with Crippen molar-refractivity contribution in [2.24, 2.45) is 5.73 Å². The van der Waals surface area contributed by atoms with Crippen molar-refractivity contribution in [3.05, 3.63) is 38.9 Å². The first-order chi connectivity index (χ1) is 8.38. The maximum Gasteiger partial charge on any atom is 0.283 e. The molecule has 0 fully saturated rings. The van der Waals surface area contributed by atoms with Gasteiger partial charge in [0.2, 0.25) is 0 Å². The molecular formula is C11H14ClN3O3. The Bertz CT molecular complexity index is 479. The van der Waals surface area contributed by atoms with Crippen molar-refractivity contribution in [3.63, 3.8) is 0 Å². The summed E-state index contributed by atoms with van der Waals surface area (Å²) >= 11 is 5.69. The van der Waals surface area contributed by atoms with Crippen LogP contribution in [0.2, 0.25) is 5.02 Å². The fourth-order valence-electron chi connectivity index (χ4n) is 1.38. The molecule has 0 aliphatic rings. The van der Waals surface area contributed by atoms with Crippen LogP contribution in [0.3, 0.4) is 0 Å². The third kappa shape index (κ3) is 2.96. The number of benzene rings is 1. The first-order valence-electron chi connectivity index (χ1n) is 5.29. The van der Waals surface area contributed by atoms with Crippen LogP contribution < -0.4 is 5.73 Å². The van der Waals surface area contributed by atoms with Crippen LogP contribution in [0.5, 0.6) is 0 Å². The molecule has 0 spiro atoms. The van der Waals surface area contributed by atoms with Crippen molar-refractivity contribution in [2.75, 3.05) is 13.6 Å². The van der Waals surface area contributed by atoms with E-state index >= 15 is 0 Å². The number of carbonyl (C=O) groups excluding carboxylic acids is 1. The summed E-state index contributed by atoms with van der Waals surface area (Å²) in [5, 5.41) is 11.1. The Morgan fingerprint density at radius 3 is 2.72 bits per heavy atom. The molecule has 0 aromatic heterocycles. The van der Waals surface area contributed by atoms with Gasteiger partial charge in [-0.2, -0.15) is 0 Å². The van der Waals surface area contributed by atoms with Gasteiger partial charge in [0.1, 0.15) is 5.56 Å². The van der Waals surface area contributed by atoms with E-state index in [1.165, 1.54) is 17.0 Å². The Morgan fingerprint density at radius 1 is 1.61 bits per heavy atom. The van der Waals surface area contributed by atoms with E-state index in [4.69, 9.17) is 17.3 Å². The van der Waals surface area contributed by atoms with Crippen LogP contribution in [-0.2, 0) is 0 Å². The van der Waals surface area contributed by atoms with Gasteiger partial charge in [-0.15, -0.1) is 0 Å². The number of carbonyl (C=O) groups is 1. The van der Waals surface area contributed by atoms with Gasteiger partial charge in [-0.05, 0) is 19.1 Å². The van der Waals surface area contributed by atoms with Crippen molar-refractivity contribution in [2.45, 2.75) is 13.0 Å². The van der Waals surface area contributed by atoms with Crippen molar-refractivity contribution in [3.8, 4) is 0 Å². The number of likely N-dealkylation sites (N-methyl/N-ethyl adjacent to an activating group) is 1. The lowest BCUT2D eigenvalue weighted by Gasteiger charge is -2.23. The first kappa shape index (κ1) is 14.4. The van der Waals surface area contributed by atoms with Gasteiger partial charge in [0.05, 0.1) is 4.92 Å². The summed E-state index contributed by atoms with van der Waals surface area (Å²) in [6, 6.07) is 3.76. The second-order valence-corrected chi connectivity index (χ2v) is 4.36. The first-order valence-corrected chi connectivity index (χ1v) is 5.67. The predicted octanol–water partition coefficient (Wildman–Crippen LogP) is 1.67. The lowest BCUT2D eigenvalue weighted by atomic mass is 10.1. The third-order valence-electron chi connectivity index (χ3n) is 2.71. The van der Waals surface area contributed by atoms with E-state index in [1.54, 1.807) is 14.0 Å². The van der Waals surface area contributed by atoms with Crippen LogP contribution in [0.4, 0.5) is 5.69 Å². The molecule has 98 valence electrons. The highest BCUT2D eigenvalue weighted by Crippen LogP contribution is 2.24. The minimum atomic E-state index is -0.625. The van der Waals surface area contributed by atoms with Crippen LogP contribution >= 0.6 is 11.6 Å². The summed E-state index contributed by atoms with van der Waals surface area (Å²) in [6.45, 7) is 2.04. The molecular weight excluding hydrogens is 258 g/mol. The average molecular weight is 272 g/mol. The summed E-state index contributed by atoms with van der Waals surface area (Å²) in [7, 11) is 1.55. The van der Waals surface area contributed by atoms with Crippen LogP contribution in [0.1, 0.15) is 17.3 Å². The number of rotatable bonds is 4. The van der Waals surface area contributed by atoms with Crippen molar-refractivity contribution in [1.82, 2.24) is 4.90 Å². The fraction of sp³-hybridized carbons (Fsp3) is 0.364. The maximum absolute atomic E-state index is 12.1. The predicted molar refractivity (Wildman–Crippen MR) is 68.7 cm³/mol. The number of nitro groups is 1. The van der Waals surface area contributed by atoms with Gasteiger partial charge in [0.15, 0.2) is 0 Å². The fourth-order valence-corrected chi connectivity index (χ4v) is 1.55. The highest BCUT2D eigenvalue weighted by molar-refractivity contribution is 6.31. The molecule has 2 N–H and O–H groups in total. The molecule has 1 unspecified atom stereocenters. The van der Waals surface area contributed by atoms with Gasteiger partial charge in [-0.1, -0.05) is 11.6 Å². The maximum atomic E-state index is 12.1. The molecule has 0 saturated carbocycles. The van der Waals surface area contributed by atoms with Gasteiger partial charge in [-0.25, -0.2) is 0 Å². The Hall–Kier alpha value is -1.66. The monoisotopic (exact) mass is 271 g/mol. The number of amides is 1. The number of hydrogen-bond acceptors (Lipinski definition) is 4. The molecule has 0 radical (unpaired) electrons. The van der Waals surface area contributed by atoms with E-state index in [0.717, 1.165) is 6.07 Å². The van der Waals surface area contributed by atoms with Crippen LogP contribution in [-0.4, -0.2) is 35.4 Å². The van der Waals surface area contributed by atoms with Gasteiger partial charge in [0, 0.05) is 30.7 Å². The minimum absolute atomic E-state index is 0.00667. The summed E-state index contributed by atoms with van der Waals surface area (Å²) in [4.78, 5) is 23.7. The van der Waals surface area contributed by atoms with Gasteiger partial charge in [0.25, 0.3) is 11.6 Å². The SMILES string of the molecule is CC(CN)N(C)C(=O)c1ccc(Cl)cc1[N+](=O)[O-]. The van der Waals surface area contributed by atoms with E-state index in [1.807, 2.05) is 0 Å². The second kappa shape index (κ2) is 5.79. The largest absolute Gasteiger partial charge is 0.338 e. The number of nitrogens with zero attached hydrogens (tertiary/aromatic N) is 2. The highest BCUT2D eigenvalue weighted by atomic mass is 35.5. The molecule has 1 rings (SSSR count). The number of nitrogens with two attached hydrogens (primary N) is 1. The summed E-state index contributed by atoms with van der Waals surface area (Å²) < 4.78 is 0. The van der Waals surface area contributed by atoms with Crippen molar-refractivity contribution < 1.29 is 9.72 Å². The molecule has 0 saturated heterocycles. The van der Waals surface area contributed by atoms with E-state index in [2.05, 4.69) is 0 Å². The Labute approximate surface area is 109 Å². The molecule has 6 nitrogen and oxygen atoms in total. The smallest absolute Gasteiger partial charge is 0.283 e. The van der Waals surface area contributed by atoms with E-state index in [0.29, 0.717) is 0 Å². The highest BCUT2D eigenvalue weighted by Gasteiger charge is 2.25. The van der Waals surface area contributed by atoms with E-state index in [9.17, 15) is 14.9 Å². The molecule has 1 amide bonds. The van der Waals surface area contributed by atoms with Crippen LogP contribution in [0, 0.1) is 10.1 Å². The molecule has 0 heterocycles. The topological polar surface area (TPSA) is 89.5 Å². The lowest BCUT2D eigenvalue weighted by molar-refractivity contribution is -0.385. The van der Waals surface area contributed by atoms with Crippen molar-refractivity contribution >= 4 is 23.2 Å². The zero-order valence-electron chi connectivity index (χ0n) is 10.1.